The number of fused-ring (bicyclic) bond motifs is 1. The number of carbonyl (C=O) groups excluding carboxylic acids is 1. The molecule has 0 spiro atoms. The van der Waals surface area contributed by atoms with Gasteiger partial charge in [0.15, 0.2) is 11.6 Å². The van der Waals surface area contributed by atoms with Crippen LogP contribution in [-0.2, 0) is 0 Å². The van der Waals surface area contributed by atoms with E-state index in [0.717, 1.165) is 34.4 Å². The standard InChI is InChI=1S/C24H22F2N8O/c25-20-2-1-16(11-21(20)26)24(35)33-9-7-32(8-10-33)14-18(3-5-27)34-13-17(12-31-34)22-19-4-6-28-23(19)30-15-29-22/h1-2,4,6,11-13,15,18H,3,7-10,14H2,(H,28,29,30). The van der Waals surface area contributed by atoms with Gasteiger partial charge in [-0.25, -0.2) is 18.7 Å². The second-order valence-corrected chi connectivity index (χ2v) is 8.41. The van der Waals surface area contributed by atoms with Crippen LogP contribution in [0.25, 0.3) is 22.3 Å². The third-order valence-corrected chi connectivity index (χ3v) is 6.22. The maximum atomic E-state index is 13.5. The molecule has 4 heterocycles. The minimum atomic E-state index is -1.04. The van der Waals surface area contributed by atoms with E-state index < -0.39 is 11.6 Å². The van der Waals surface area contributed by atoms with E-state index in [4.69, 9.17) is 0 Å². The summed E-state index contributed by atoms with van der Waals surface area (Å²) in [4.78, 5) is 28.2. The normalized spacial score (nSPS) is 15.3. The van der Waals surface area contributed by atoms with Gasteiger partial charge in [-0.1, -0.05) is 0 Å². The van der Waals surface area contributed by atoms with E-state index in [1.54, 1.807) is 15.8 Å². The number of aromatic amines is 1. The number of halogens is 2. The summed E-state index contributed by atoms with van der Waals surface area (Å²) in [5.74, 6) is -2.34. The van der Waals surface area contributed by atoms with E-state index in [2.05, 4.69) is 31.0 Å². The van der Waals surface area contributed by atoms with Crippen molar-refractivity contribution in [1.82, 2.24) is 34.5 Å². The van der Waals surface area contributed by atoms with E-state index >= 15 is 0 Å². The van der Waals surface area contributed by atoms with Crippen molar-refractivity contribution < 1.29 is 13.6 Å². The van der Waals surface area contributed by atoms with Crippen molar-refractivity contribution in [1.29, 1.82) is 5.26 Å². The molecular weight excluding hydrogens is 454 g/mol. The molecule has 9 nitrogen and oxygen atoms in total. The van der Waals surface area contributed by atoms with E-state index in [1.807, 2.05) is 18.5 Å². The third-order valence-electron chi connectivity index (χ3n) is 6.22. The molecule has 1 unspecified atom stereocenters. The number of nitrogens with one attached hydrogen (secondary N) is 1. The topological polar surface area (TPSA) is 107 Å². The smallest absolute Gasteiger partial charge is 0.254 e. The van der Waals surface area contributed by atoms with Crippen LogP contribution >= 0.6 is 0 Å². The van der Waals surface area contributed by atoms with E-state index in [-0.39, 0.29) is 23.9 Å². The number of hydrogen-bond donors (Lipinski definition) is 1. The van der Waals surface area contributed by atoms with Crippen molar-refractivity contribution in [3.63, 3.8) is 0 Å². The lowest BCUT2D eigenvalue weighted by molar-refractivity contribution is 0.0617. The zero-order chi connectivity index (χ0) is 24.4. The van der Waals surface area contributed by atoms with Crippen LogP contribution in [0.5, 0.6) is 0 Å². The van der Waals surface area contributed by atoms with Crippen LogP contribution in [-0.4, -0.2) is 73.2 Å². The first-order valence-electron chi connectivity index (χ1n) is 11.2. The Hall–Kier alpha value is -4.17. The van der Waals surface area contributed by atoms with E-state index in [1.165, 1.54) is 12.4 Å². The van der Waals surface area contributed by atoms with Crippen molar-refractivity contribution in [2.45, 2.75) is 12.5 Å². The Morgan fingerprint density at radius 3 is 2.74 bits per heavy atom. The minimum Gasteiger partial charge on any atom is -0.346 e. The van der Waals surface area contributed by atoms with Crippen LogP contribution in [0.15, 0.2) is 49.2 Å². The predicted molar refractivity (Wildman–Crippen MR) is 123 cm³/mol. The van der Waals surface area contributed by atoms with Gasteiger partial charge in [0.25, 0.3) is 5.91 Å². The summed E-state index contributed by atoms with van der Waals surface area (Å²) in [5, 5.41) is 14.8. The first-order valence-corrected chi connectivity index (χ1v) is 11.2. The molecule has 178 valence electrons. The average molecular weight is 476 g/mol. The number of nitrogens with zero attached hydrogens (tertiary/aromatic N) is 7. The Morgan fingerprint density at radius 2 is 1.97 bits per heavy atom. The molecule has 1 N–H and O–H groups in total. The number of rotatable bonds is 6. The molecule has 1 aliphatic rings. The second-order valence-electron chi connectivity index (χ2n) is 8.41. The van der Waals surface area contributed by atoms with Gasteiger partial charge >= 0.3 is 0 Å². The van der Waals surface area contributed by atoms with Gasteiger partial charge in [0.05, 0.1) is 30.4 Å². The molecule has 1 atom stereocenters. The fourth-order valence-electron chi connectivity index (χ4n) is 4.35. The van der Waals surface area contributed by atoms with Crippen LogP contribution in [0.1, 0.15) is 22.8 Å². The Kier molecular flexibility index (Phi) is 6.20. The van der Waals surface area contributed by atoms with Gasteiger partial charge in [-0.3, -0.25) is 14.4 Å². The number of benzene rings is 1. The largest absolute Gasteiger partial charge is 0.346 e. The molecule has 1 aromatic carbocycles. The monoisotopic (exact) mass is 476 g/mol. The molecule has 0 radical (unpaired) electrons. The number of H-pyrrole nitrogens is 1. The van der Waals surface area contributed by atoms with Gasteiger partial charge in [-0.15, -0.1) is 0 Å². The van der Waals surface area contributed by atoms with Crippen molar-refractivity contribution in [2.24, 2.45) is 0 Å². The zero-order valence-corrected chi connectivity index (χ0v) is 18.7. The lowest BCUT2D eigenvalue weighted by Gasteiger charge is -2.36. The van der Waals surface area contributed by atoms with Crippen molar-refractivity contribution in [3.8, 4) is 17.3 Å². The molecule has 1 amide bonds. The number of nitriles is 1. The Labute approximate surface area is 199 Å². The van der Waals surface area contributed by atoms with Gasteiger partial charge in [-0.05, 0) is 24.3 Å². The number of aromatic nitrogens is 5. The van der Waals surface area contributed by atoms with Gasteiger partial charge in [0, 0.05) is 61.6 Å². The molecule has 3 aromatic heterocycles. The van der Waals surface area contributed by atoms with Gasteiger partial charge in [0.2, 0.25) is 0 Å². The Balaban J connectivity index is 1.25. The SMILES string of the molecule is N#CCC(CN1CCN(C(=O)c2ccc(F)c(F)c2)CC1)n1cc(-c2ncnc3[nH]ccc23)cn1. The van der Waals surface area contributed by atoms with Crippen LogP contribution in [0.3, 0.4) is 0 Å². The van der Waals surface area contributed by atoms with Gasteiger partial charge in [-0.2, -0.15) is 10.4 Å². The molecule has 5 rings (SSSR count). The summed E-state index contributed by atoms with van der Waals surface area (Å²) in [6, 6.07) is 7.17. The highest BCUT2D eigenvalue weighted by atomic mass is 19.2. The highest BCUT2D eigenvalue weighted by Gasteiger charge is 2.25. The van der Waals surface area contributed by atoms with Crippen molar-refractivity contribution in [2.75, 3.05) is 32.7 Å². The quantitative estimate of drug-likeness (QED) is 0.459. The first kappa shape index (κ1) is 22.6. The molecule has 1 fully saturated rings. The highest BCUT2D eigenvalue weighted by Crippen LogP contribution is 2.26. The molecule has 0 bridgehead atoms. The van der Waals surface area contributed by atoms with E-state index in [9.17, 15) is 18.8 Å². The molecule has 11 heteroatoms. The lowest BCUT2D eigenvalue weighted by atomic mass is 10.1. The summed E-state index contributed by atoms with van der Waals surface area (Å²) in [6.45, 7) is 2.69. The summed E-state index contributed by atoms with van der Waals surface area (Å²) in [6.07, 6.45) is 7.21. The second kappa shape index (κ2) is 9.60. The number of hydrogen-bond acceptors (Lipinski definition) is 6. The van der Waals surface area contributed by atoms with Gasteiger partial charge < -0.3 is 9.88 Å². The molecule has 0 saturated carbocycles. The predicted octanol–water partition coefficient (Wildman–Crippen LogP) is 3.01. The van der Waals surface area contributed by atoms with Crippen LogP contribution in [0.4, 0.5) is 8.78 Å². The Morgan fingerprint density at radius 1 is 1.14 bits per heavy atom. The van der Waals surface area contributed by atoms with Crippen LogP contribution < -0.4 is 0 Å². The van der Waals surface area contributed by atoms with Crippen molar-refractivity contribution in [3.05, 3.63) is 66.4 Å². The summed E-state index contributed by atoms with van der Waals surface area (Å²) in [5.41, 5.74) is 2.47. The fraction of sp³-hybridized carbons (Fsp3) is 0.292. The molecule has 4 aromatic rings. The minimum absolute atomic E-state index is 0.130. The average Bonchev–Trinajstić information content (AvgIpc) is 3.55. The van der Waals surface area contributed by atoms with Gasteiger partial charge in [0.1, 0.15) is 12.0 Å². The highest BCUT2D eigenvalue weighted by molar-refractivity contribution is 5.94. The maximum absolute atomic E-state index is 13.5. The maximum Gasteiger partial charge on any atom is 0.254 e. The third kappa shape index (κ3) is 4.61. The zero-order valence-electron chi connectivity index (χ0n) is 18.7. The van der Waals surface area contributed by atoms with E-state index in [0.29, 0.717) is 32.7 Å². The number of amides is 1. The molecule has 1 aliphatic heterocycles. The van der Waals surface area contributed by atoms with Crippen LogP contribution in [0, 0.1) is 23.0 Å². The lowest BCUT2D eigenvalue weighted by Crippen LogP contribution is -2.50. The number of piperazine rings is 1. The summed E-state index contributed by atoms with van der Waals surface area (Å²) in [7, 11) is 0. The number of carbonyl (C=O) groups is 1. The first-order chi connectivity index (χ1) is 17.0. The van der Waals surface area contributed by atoms with Crippen molar-refractivity contribution >= 4 is 16.9 Å². The molecule has 35 heavy (non-hydrogen) atoms. The Bertz CT molecular complexity index is 1400. The fourth-order valence-corrected chi connectivity index (χ4v) is 4.35. The summed E-state index contributed by atoms with van der Waals surface area (Å²) < 4.78 is 28.5. The summed E-state index contributed by atoms with van der Waals surface area (Å²) >= 11 is 0. The molecular formula is C24H22F2N8O. The molecule has 0 aliphatic carbocycles. The van der Waals surface area contributed by atoms with Crippen LogP contribution in [0.2, 0.25) is 0 Å². The molecule has 1 saturated heterocycles.